The predicted molar refractivity (Wildman–Crippen MR) is 112 cm³/mol. The zero-order valence-electron chi connectivity index (χ0n) is 14.7. The number of nitrogens with zero attached hydrogens (tertiary/aromatic N) is 2. The van der Waals surface area contributed by atoms with Crippen LogP contribution in [0.15, 0.2) is 30.3 Å². The highest BCUT2D eigenvalue weighted by molar-refractivity contribution is 6.31. The van der Waals surface area contributed by atoms with Gasteiger partial charge in [0.2, 0.25) is 5.91 Å². The van der Waals surface area contributed by atoms with E-state index in [0.29, 0.717) is 42.4 Å². The van der Waals surface area contributed by atoms with Crippen molar-refractivity contribution in [1.82, 2.24) is 15.2 Å². The Labute approximate surface area is 175 Å². The van der Waals surface area contributed by atoms with E-state index in [4.69, 9.17) is 17.3 Å². The quantitative estimate of drug-likeness (QED) is 0.776. The van der Waals surface area contributed by atoms with Crippen molar-refractivity contribution < 1.29 is 9.59 Å². The number of halogens is 3. The fourth-order valence-corrected chi connectivity index (χ4v) is 3.25. The molecule has 148 valence electrons. The van der Waals surface area contributed by atoms with Gasteiger partial charge in [-0.25, -0.2) is 4.98 Å². The summed E-state index contributed by atoms with van der Waals surface area (Å²) < 4.78 is 0. The number of benzene rings is 1. The summed E-state index contributed by atoms with van der Waals surface area (Å²) in [6.07, 6.45) is 1.58. The lowest BCUT2D eigenvalue weighted by atomic mass is 9.96. The zero-order valence-corrected chi connectivity index (χ0v) is 17.1. The fourth-order valence-electron chi connectivity index (χ4n) is 3.09. The van der Waals surface area contributed by atoms with E-state index in [1.165, 1.54) is 0 Å². The van der Waals surface area contributed by atoms with Gasteiger partial charge >= 0.3 is 0 Å². The number of hydrogen-bond donors (Lipinski definition) is 2. The van der Waals surface area contributed by atoms with Crippen LogP contribution in [-0.4, -0.2) is 47.9 Å². The predicted octanol–water partition coefficient (Wildman–Crippen LogP) is 2.66. The maximum absolute atomic E-state index is 12.8. The molecular formula is C18H23Cl3N4O2. The van der Waals surface area contributed by atoms with Crippen molar-refractivity contribution in [3.05, 3.63) is 41.0 Å². The molecule has 27 heavy (non-hydrogen) atoms. The molecule has 1 saturated heterocycles. The molecular weight excluding hydrogens is 411 g/mol. The van der Waals surface area contributed by atoms with E-state index in [1.807, 2.05) is 12.1 Å². The summed E-state index contributed by atoms with van der Waals surface area (Å²) in [6, 6.07) is 8.99. The molecule has 3 N–H and O–H groups in total. The first-order valence-electron chi connectivity index (χ1n) is 8.42. The highest BCUT2D eigenvalue weighted by Gasteiger charge is 2.29. The number of carbonyl (C=O) groups excluding carboxylic acids is 2. The molecule has 2 heterocycles. The van der Waals surface area contributed by atoms with Crippen molar-refractivity contribution in [3.63, 3.8) is 0 Å². The van der Waals surface area contributed by atoms with Crippen LogP contribution in [0, 0.1) is 5.92 Å². The number of fused-ring (bicyclic) bond motifs is 1. The average Bonchev–Trinajstić information content (AvgIpc) is 2.65. The SMILES string of the molecule is Cl.Cl.NCCNC(=O)C1CCCN(C(=O)c2ccc3ccc(Cl)cc3n2)C1. The molecule has 1 fully saturated rings. The molecule has 1 aromatic carbocycles. The Kier molecular flexibility index (Phi) is 9.26. The molecule has 1 unspecified atom stereocenters. The van der Waals surface area contributed by atoms with E-state index in [9.17, 15) is 9.59 Å². The molecule has 0 bridgehead atoms. The summed E-state index contributed by atoms with van der Waals surface area (Å²) in [4.78, 5) is 31.1. The van der Waals surface area contributed by atoms with Crippen molar-refractivity contribution in [2.45, 2.75) is 12.8 Å². The minimum absolute atomic E-state index is 0. The van der Waals surface area contributed by atoms with Gasteiger partial charge in [-0.1, -0.05) is 23.7 Å². The molecule has 0 spiro atoms. The van der Waals surface area contributed by atoms with Gasteiger partial charge in [0.05, 0.1) is 11.4 Å². The molecule has 9 heteroatoms. The van der Waals surface area contributed by atoms with Gasteiger partial charge in [0.1, 0.15) is 5.69 Å². The molecule has 1 atom stereocenters. The molecule has 6 nitrogen and oxygen atoms in total. The number of aromatic nitrogens is 1. The van der Waals surface area contributed by atoms with E-state index < -0.39 is 0 Å². The highest BCUT2D eigenvalue weighted by atomic mass is 35.5. The lowest BCUT2D eigenvalue weighted by molar-refractivity contribution is -0.126. The first-order chi connectivity index (χ1) is 12.1. The van der Waals surface area contributed by atoms with Gasteiger partial charge in [-0.3, -0.25) is 9.59 Å². The van der Waals surface area contributed by atoms with Crippen LogP contribution in [0.25, 0.3) is 10.9 Å². The van der Waals surface area contributed by atoms with Crippen LogP contribution >= 0.6 is 36.4 Å². The van der Waals surface area contributed by atoms with Crippen molar-refractivity contribution in [2.24, 2.45) is 11.7 Å². The van der Waals surface area contributed by atoms with Crippen LogP contribution in [0.1, 0.15) is 23.3 Å². The lowest BCUT2D eigenvalue weighted by Crippen LogP contribution is -2.46. The normalized spacial score (nSPS) is 16.2. The van der Waals surface area contributed by atoms with E-state index in [1.54, 1.807) is 23.1 Å². The van der Waals surface area contributed by atoms with Crippen LogP contribution in [0.2, 0.25) is 5.02 Å². The van der Waals surface area contributed by atoms with Gasteiger partial charge in [0.15, 0.2) is 0 Å². The lowest BCUT2D eigenvalue weighted by Gasteiger charge is -2.31. The summed E-state index contributed by atoms with van der Waals surface area (Å²) in [5.41, 5.74) is 6.48. The number of pyridine rings is 1. The fraction of sp³-hybridized carbons (Fsp3) is 0.389. The number of nitrogens with two attached hydrogens (primary N) is 1. The Morgan fingerprint density at radius 1 is 1.26 bits per heavy atom. The van der Waals surface area contributed by atoms with Crippen molar-refractivity contribution in [1.29, 1.82) is 0 Å². The minimum atomic E-state index is -0.195. The van der Waals surface area contributed by atoms with Crippen molar-refractivity contribution >= 4 is 59.1 Å². The monoisotopic (exact) mass is 432 g/mol. The maximum atomic E-state index is 12.8. The van der Waals surface area contributed by atoms with Crippen LogP contribution in [0.3, 0.4) is 0 Å². The van der Waals surface area contributed by atoms with E-state index in [-0.39, 0.29) is 42.5 Å². The summed E-state index contributed by atoms with van der Waals surface area (Å²) in [7, 11) is 0. The first-order valence-corrected chi connectivity index (χ1v) is 8.79. The third-order valence-corrected chi connectivity index (χ3v) is 4.63. The molecule has 2 amide bonds. The summed E-state index contributed by atoms with van der Waals surface area (Å²) in [5.74, 6) is -0.390. The Hall–Kier alpha value is -1.60. The summed E-state index contributed by atoms with van der Waals surface area (Å²) in [5, 5.41) is 4.31. The third kappa shape index (κ3) is 5.69. The number of hydrogen-bond acceptors (Lipinski definition) is 4. The number of piperidine rings is 1. The van der Waals surface area contributed by atoms with Gasteiger partial charge in [-0.2, -0.15) is 0 Å². The Morgan fingerprint density at radius 2 is 2.00 bits per heavy atom. The minimum Gasteiger partial charge on any atom is -0.355 e. The Bertz CT molecular complexity index is 803. The number of rotatable bonds is 4. The molecule has 0 saturated carbocycles. The molecule has 1 aromatic heterocycles. The molecule has 0 radical (unpaired) electrons. The van der Waals surface area contributed by atoms with Crippen molar-refractivity contribution in [3.8, 4) is 0 Å². The largest absolute Gasteiger partial charge is 0.355 e. The molecule has 1 aliphatic heterocycles. The van der Waals surface area contributed by atoms with Crippen molar-refractivity contribution in [2.75, 3.05) is 26.2 Å². The summed E-state index contributed by atoms with van der Waals surface area (Å²) >= 11 is 6.01. The topological polar surface area (TPSA) is 88.3 Å². The maximum Gasteiger partial charge on any atom is 0.272 e. The van der Waals surface area contributed by atoms with Gasteiger partial charge in [0, 0.05) is 36.6 Å². The molecule has 0 aliphatic carbocycles. The van der Waals surface area contributed by atoms with Gasteiger partial charge in [-0.05, 0) is 31.0 Å². The molecule has 1 aliphatic rings. The Balaban J connectivity index is 0.00000182. The summed E-state index contributed by atoms with van der Waals surface area (Å²) in [6.45, 7) is 1.90. The second-order valence-corrected chi connectivity index (χ2v) is 6.64. The first kappa shape index (κ1) is 23.4. The van der Waals surface area contributed by atoms with Gasteiger partial charge in [-0.15, -0.1) is 24.8 Å². The van der Waals surface area contributed by atoms with Crippen LogP contribution in [0.5, 0.6) is 0 Å². The van der Waals surface area contributed by atoms with Gasteiger partial charge in [0.25, 0.3) is 5.91 Å². The third-order valence-electron chi connectivity index (χ3n) is 4.40. The molecule has 2 aromatic rings. The number of carbonyl (C=O) groups is 2. The van der Waals surface area contributed by atoms with Crippen LogP contribution in [0.4, 0.5) is 0 Å². The number of amides is 2. The van der Waals surface area contributed by atoms with E-state index >= 15 is 0 Å². The smallest absolute Gasteiger partial charge is 0.272 e. The number of likely N-dealkylation sites (tertiary alicyclic amines) is 1. The van der Waals surface area contributed by atoms with Crippen LogP contribution in [-0.2, 0) is 4.79 Å². The zero-order chi connectivity index (χ0) is 17.8. The van der Waals surface area contributed by atoms with E-state index in [0.717, 1.165) is 18.2 Å². The Morgan fingerprint density at radius 3 is 2.74 bits per heavy atom. The standard InChI is InChI=1S/C18H21ClN4O2.2ClH/c19-14-5-3-12-4-6-15(22-16(12)10-14)18(25)23-9-1-2-13(11-23)17(24)21-8-7-20;;/h3-6,10,13H,1-2,7-9,11,20H2,(H,21,24);2*1H. The second kappa shape index (κ2) is 10.7. The van der Waals surface area contributed by atoms with Gasteiger partial charge < -0.3 is 16.0 Å². The number of nitrogens with one attached hydrogen (secondary N) is 1. The second-order valence-electron chi connectivity index (χ2n) is 6.20. The van der Waals surface area contributed by atoms with Crippen LogP contribution < -0.4 is 11.1 Å². The highest BCUT2D eigenvalue weighted by Crippen LogP contribution is 2.21. The van der Waals surface area contributed by atoms with E-state index in [2.05, 4.69) is 10.3 Å². The average molecular weight is 434 g/mol. The molecule has 3 rings (SSSR count).